The molecule has 0 fully saturated rings. The fraction of sp³-hybridized carbons (Fsp3) is 0.143. The normalized spacial score (nSPS) is 9.18. The lowest BCUT2D eigenvalue weighted by Gasteiger charge is -1.95. The van der Waals surface area contributed by atoms with Gasteiger partial charge in [-0.3, -0.25) is 0 Å². The summed E-state index contributed by atoms with van der Waals surface area (Å²) in [4.78, 5) is 3.88. The molecule has 1 heterocycles. The minimum atomic E-state index is 0.227. The van der Waals surface area contributed by atoms with Crippen LogP contribution in [0.25, 0.3) is 0 Å². The van der Waals surface area contributed by atoms with Crippen molar-refractivity contribution >= 4 is 23.2 Å². The van der Waals surface area contributed by atoms with E-state index in [9.17, 15) is 0 Å². The Bertz CT molecular complexity index is 304. The molecule has 0 bridgehead atoms. The number of aromatic nitrogens is 1. The highest BCUT2D eigenvalue weighted by Gasteiger charge is 2.00. The molecule has 0 aliphatic heterocycles. The first kappa shape index (κ1) is 8.32. The summed E-state index contributed by atoms with van der Waals surface area (Å²) in [6.45, 7) is 0. The van der Waals surface area contributed by atoms with Crippen molar-refractivity contribution in [3.63, 3.8) is 0 Å². The maximum Gasteiger partial charge on any atom is 0.159 e. The summed E-state index contributed by atoms with van der Waals surface area (Å²) in [6.07, 6.45) is 0. The van der Waals surface area contributed by atoms with Crippen LogP contribution in [-0.2, 0) is 5.88 Å². The molecule has 0 amide bonds. The second-order valence-corrected chi connectivity index (χ2v) is 2.55. The number of halogens is 2. The number of nitriles is 1. The number of alkyl halides is 1. The van der Waals surface area contributed by atoms with Gasteiger partial charge < -0.3 is 0 Å². The van der Waals surface area contributed by atoms with E-state index in [-0.39, 0.29) is 5.69 Å². The fourth-order valence-electron chi connectivity index (χ4n) is 0.635. The Balaban J connectivity index is 3.15. The van der Waals surface area contributed by atoms with Gasteiger partial charge in [0.25, 0.3) is 0 Å². The molecule has 2 nitrogen and oxygen atoms in total. The molecule has 0 atom stereocenters. The number of rotatable bonds is 1. The summed E-state index contributed by atoms with van der Waals surface area (Å²) in [5.74, 6) is 0.297. The number of hydrogen-bond donors (Lipinski definition) is 0. The van der Waals surface area contributed by atoms with Crippen LogP contribution in [0, 0.1) is 11.3 Å². The van der Waals surface area contributed by atoms with Crippen LogP contribution in [0.1, 0.15) is 11.4 Å². The molecule has 0 N–H and O–H groups in total. The van der Waals surface area contributed by atoms with Gasteiger partial charge in [-0.05, 0) is 12.1 Å². The molecule has 1 aromatic rings. The van der Waals surface area contributed by atoms with Crippen molar-refractivity contribution in [2.75, 3.05) is 0 Å². The smallest absolute Gasteiger partial charge is 0.159 e. The van der Waals surface area contributed by atoms with Gasteiger partial charge in [0.15, 0.2) is 5.69 Å². The number of pyridine rings is 1. The highest BCUT2D eigenvalue weighted by atomic mass is 35.5. The molecule has 11 heavy (non-hydrogen) atoms. The Kier molecular flexibility index (Phi) is 2.70. The lowest BCUT2D eigenvalue weighted by molar-refractivity contribution is 1.14. The van der Waals surface area contributed by atoms with Gasteiger partial charge in [-0.2, -0.15) is 5.26 Å². The summed E-state index contributed by atoms with van der Waals surface area (Å²) < 4.78 is 0. The molecule has 0 spiro atoms. The van der Waals surface area contributed by atoms with Gasteiger partial charge in [-0.15, -0.1) is 11.6 Å². The Morgan fingerprint density at radius 3 is 2.82 bits per heavy atom. The summed E-state index contributed by atoms with van der Waals surface area (Å²) in [5.41, 5.74) is 0.887. The van der Waals surface area contributed by atoms with Crippen molar-refractivity contribution in [3.05, 3.63) is 28.5 Å². The molecule has 56 valence electrons. The van der Waals surface area contributed by atoms with Crippen LogP contribution in [0.5, 0.6) is 0 Å². The largest absolute Gasteiger partial charge is 0.239 e. The summed E-state index contributed by atoms with van der Waals surface area (Å²) in [7, 11) is 0. The van der Waals surface area contributed by atoms with Crippen LogP contribution in [0.3, 0.4) is 0 Å². The molecule has 0 aliphatic rings. The molecule has 1 aromatic heterocycles. The lowest BCUT2D eigenvalue weighted by Crippen LogP contribution is -1.89. The van der Waals surface area contributed by atoms with Crippen LogP contribution < -0.4 is 0 Å². The molecule has 0 aromatic carbocycles. The monoisotopic (exact) mass is 186 g/mol. The minimum absolute atomic E-state index is 0.227. The van der Waals surface area contributed by atoms with E-state index in [4.69, 9.17) is 28.5 Å². The summed E-state index contributed by atoms with van der Waals surface area (Å²) in [5, 5.41) is 8.86. The minimum Gasteiger partial charge on any atom is -0.239 e. The quantitative estimate of drug-likeness (QED) is 0.632. The molecule has 1 rings (SSSR count). The van der Waals surface area contributed by atoms with Crippen molar-refractivity contribution < 1.29 is 0 Å². The molecule has 4 heteroatoms. The van der Waals surface area contributed by atoms with Crippen molar-refractivity contribution in [2.45, 2.75) is 5.88 Å². The van der Waals surface area contributed by atoms with Gasteiger partial charge >= 0.3 is 0 Å². The van der Waals surface area contributed by atoms with Gasteiger partial charge in [0, 0.05) is 0 Å². The Morgan fingerprint density at radius 2 is 2.27 bits per heavy atom. The maximum atomic E-state index is 8.50. The third-order valence-corrected chi connectivity index (χ3v) is 1.73. The zero-order valence-electron chi connectivity index (χ0n) is 5.51. The van der Waals surface area contributed by atoms with Crippen molar-refractivity contribution in [3.8, 4) is 6.07 Å². The fourth-order valence-corrected chi connectivity index (χ4v) is 0.932. The van der Waals surface area contributed by atoms with E-state index in [2.05, 4.69) is 4.98 Å². The second-order valence-electron chi connectivity index (χ2n) is 1.88. The summed E-state index contributed by atoms with van der Waals surface area (Å²) in [6, 6.07) is 5.17. The number of hydrogen-bond acceptors (Lipinski definition) is 2. The van der Waals surface area contributed by atoms with E-state index in [0.29, 0.717) is 16.6 Å². The van der Waals surface area contributed by atoms with Crippen LogP contribution in [0.4, 0.5) is 0 Å². The lowest BCUT2D eigenvalue weighted by atomic mass is 10.3. The first-order valence-electron chi connectivity index (χ1n) is 2.89. The maximum absolute atomic E-state index is 8.50. The standard InChI is InChI=1S/C7H4Cl2N2/c8-3-5-1-2-6(9)7(4-10)11-5/h1-2H,3H2. The molecule has 0 radical (unpaired) electrons. The average Bonchev–Trinajstić information content (AvgIpc) is 2.05. The molecular formula is C7H4Cl2N2. The first-order valence-corrected chi connectivity index (χ1v) is 3.80. The second kappa shape index (κ2) is 3.56. The van der Waals surface area contributed by atoms with Gasteiger partial charge in [-0.1, -0.05) is 11.6 Å². The highest BCUT2D eigenvalue weighted by molar-refractivity contribution is 6.31. The van der Waals surface area contributed by atoms with Crippen molar-refractivity contribution in [1.29, 1.82) is 5.26 Å². The molecule has 0 saturated carbocycles. The van der Waals surface area contributed by atoms with E-state index in [1.807, 2.05) is 6.07 Å². The van der Waals surface area contributed by atoms with Gasteiger partial charge in [0.2, 0.25) is 0 Å². The Morgan fingerprint density at radius 1 is 1.55 bits per heavy atom. The Hall–Kier alpha value is -0.780. The first-order chi connectivity index (χ1) is 5.27. The van der Waals surface area contributed by atoms with E-state index >= 15 is 0 Å². The predicted octanol–water partition coefficient (Wildman–Crippen LogP) is 2.35. The molecular weight excluding hydrogens is 183 g/mol. The van der Waals surface area contributed by atoms with Crippen LogP contribution in [0.2, 0.25) is 5.02 Å². The zero-order chi connectivity index (χ0) is 8.27. The van der Waals surface area contributed by atoms with Gasteiger partial charge in [-0.25, -0.2) is 4.98 Å². The van der Waals surface area contributed by atoms with Crippen molar-refractivity contribution in [2.24, 2.45) is 0 Å². The molecule has 0 unspecified atom stereocenters. The van der Waals surface area contributed by atoms with E-state index in [1.54, 1.807) is 12.1 Å². The van der Waals surface area contributed by atoms with Crippen LogP contribution in [-0.4, -0.2) is 4.98 Å². The van der Waals surface area contributed by atoms with Crippen LogP contribution in [0.15, 0.2) is 12.1 Å². The van der Waals surface area contributed by atoms with Crippen molar-refractivity contribution in [1.82, 2.24) is 4.98 Å². The highest BCUT2D eigenvalue weighted by Crippen LogP contribution is 2.13. The average molecular weight is 187 g/mol. The Labute approximate surface area is 74.4 Å². The third kappa shape index (κ3) is 1.83. The summed E-state index contributed by atoms with van der Waals surface area (Å²) >= 11 is 11.1. The number of nitrogens with zero attached hydrogens (tertiary/aromatic N) is 2. The van der Waals surface area contributed by atoms with Gasteiger partial charge in [0.1, 0.15) is 6.07 Å². The predicted molar refractivity (Wildman–Crippen MR) is 43.5 cm³/mol. The van der Waals surface area contributed by atoms with E-state index in [1.165, 1.54) is 0 Å². The van der Waals surface area contributed by atoms with Gasteiger partial charge in [0.05, 0.1) is 16.6 Å². The van der Waals surface area contributed by atoms with E-state index in [0.717, 1.165) is 0 Å². The SMILES string of the molecule is N#Cc1nc(CCl)ccc1Cl. The zero-order valence-corrected chi connectivity index (χ0v) is 7.02. The molecule has 0 saturated heterocycles. The topological polar surface area (TPSA) is 36.7 Å². The molecule has 0 aliphatic carbocycles. The third-order valence-electron chi connectivity index (χ3n) is 1.15. The van der Waals surface area contributed by atoms with Crippen LogP contribution >= 0.6 is 23.2 Å². The van der Waals surface area contributed by atoms with E-state index < -0.39 is 0 Å².